The summed E-state index contributed by atoms with van der Waals surface area (Å²) in [7, 11) is 0. The highest BCUT2D eigenvalue weighted by Gasteiger charge is 2.31. The van der Waals surface area contributed by atoms with Gasteiger partial charge in [-0.15, -0.1) is 0 Å². The Morgan fingerprint density at radius 3 is 2.61 bits per heavy atom. The van der Waals surface area contributed by atoms with Crippen molar-refractivity contribution < 1.29 is 18.0 Å². The van der Waals surface area contributed by atoms with Gasteiger partial charge in [0.1, 0.15) is 11.3 Å². The number of halogens is 3. The molecule has 0 atom stereocenters. The summed E-state index contributed by atoms with van der Waals surface area (Å²) in [5, 5.41) is 2.75. The number of imidazole rings is 1. The summed E-state index contributed by atoms with van der Waals surface area (Å²) in [6.45, 7) is 4.43. The maximum atomic E-state index is 12.9. The molecule has 126 valence electrons. The van der Waals surface area contributed by atoms with E-state index < -0.39 is 11.7 Å². The average Bonchev–Trinajstić information content (AvgIpc) is 2.84. The van der Waals surface area contributed by atoms with Crippen molar-refractivity contribution in [3.05, 3.63) is 35.3 Å². The predicted octanol–water partition coefficient (Wildman–Crippen LogP) is 3.84. The van der Waals surface area contributed by atoms with Crippen molar-refractivity contribution in [3.8, 4) is 0 Å². The number of aryl methyl sites for hydroxylation is 1. The highest BCUT2D eigenvalue weighted by atomic mass is 19.4. The van der Waals surface area contributed by atoms with Crippen molar-refractivity contribution in [1.82, 2.24) is 14.7 Å². The highest BCUT2D eigenvalue weighted by Crippen LogP contribution is 2.30. The Kier molecular flexibility index (Phi) is 5.28. The zero-order chi connectivity index (χ0) is 17.0. The van der Waals surface area contributed by atoms with Gasteiger partial charge in [0.2, 0.25) is 0 Å². The van der Waals surface area contributed by atoms with E-state index in [0.717, 1.165) is 31.5 Å². The fourth-order valence-corrected chi connectivity index (χ4v) is 2.38. The first kappa shape index (κ1) is 17.3. The normalized spacial score (nSPS) is 11.9. The van der Waals surface area contributed by atoms with Crippen LogP contribution in [-0.2, 0) is 12.6 Å². The van der Waals surface area contributed by atoms with Crippen LogP contribution in [0.2, 0.25) is 0 Å². The third-order valence-electron chi connectivity index (χ3n) is 3.54. The minimum Gasteiger partial charge on any atom is -0.351 e. The first-order valence-corrected chi connectivity index (χ1v) is 7.74. The highest BCUT2D eigenvalue weighted by molar-refractivity contribution is 5.94. The second kappa shape index (κ2) is 7.02. The van der Waals surface area contributed by atoms with Crippen molar-refractivity contribution in [3.63, 3.8) is 0 Å². The summed E-state index contributed by atoms with van der Waals surface area (Å²) < 4.78 is 40.0. The summed E-state index contributed by atoms with van der Waals surface area (Å²) in [5.74, 6) is -0.381. The van der Waals surface area contributed by atoms with Gasteiger partial charge in [-0.05, 0) is 25.0 Å². The van der Waals surface area contributed by atoms with Crippen LogP contribution in [0.1, 0.15) is 54.9 Å². The molecular formula is C16H20F3N3O. The summed E-state index contributed by atoms with van der Waals surface area (Å²) in [5.41, 5.74) is 0.278. The number of hydrogen-bond acceptors (Lipinski definition) is 2. The number of fused-ring (bicyclic) bond motifs is 1. The van der Waals surface area contributed by atoms with Gasteiger partial charge in [-0.2, -0.15) is 13.2 Å². The van der Waals surface area contributed by atoms with E-state index in [0.29, 0.717) is 24.3 Å². The number of alkyl halides is 3. The molecule has 0 saturated carbocycles. The SMILES string of the molecule is CCCCNC(=O)c1c(CCC)nc2ccc(C(F)(F)F)cn12. The van der Waals surface area contributed by atoms with Crippen LogP contribution in [0.5, 0.6) is 0 Å². The molecule has 0 radical (unpaired) electrons. The zero-order valence-corrected chi connectivity index (χ0v) is 13.2. The monoisotopic (exact) mass is 327 g/mol. The molecule has 7 heteroatoms. The summed E-state index contributed by atoms with van der Waals surface area (Å²) in [6, 6.07) is 2.28. The maximum Gasteiger partial charge on any atom is 0.417 e. The van der Waals surface area contributed by atoms with E-state index in [9.17, 15) is 18.0 Å². The number of carbonyl (C=O) groups excluding carboxylic acids is 1. The third-order valence-corrected chi connectivity index (χ3v) is 3.54. The lowest BCUT2D eigenvalue weighted by atomic mass is 10.2. The molecule has 2 aromatic rings. The van der Waals surface area contributed by atoms with E-state index in [1.807, 2.05) is 13.8 Å². The number of unbranched alkanes of at least 4 members (excludes halogenated alkanes) is 1. The van der Waals surface area contributed by atoms with Gasteiger partial charge < -0.3 is 5.32 Å². The van der Waals surface area contributed by atoms with Crippen LogP contribution in [-0.4, -0.2) is 21.8 Å². The summed E-state index contributed by atoms with van der Waals surface area (Å²) >= 11 is 0. The first-order chi connectivity index (χ1) is 10.9. The van der Waals surface area contributed by atoms with Gasteiger partial charge in [0.25, 0.3) is 5.91 Å². The van der Waals surface area contributed by atoms with Crippen molar-refractivity contribution in [2.45, 2.75) is 45.7 Å². The van der Waals surface area contributed by atoms with Gasteiger partial charge in [-0.25, -0.2) is 4.98 Å². The third kappa shape index (κ3) is 3.83. The fourth-order valence-electron chi connectivity index (χ4n) is 2.38. The first-order valence-electron chi connectivity index (χ1n) is 7.74. The fraction of sp³-hybridized carbons (Fsp3) is 0.500. The predicted molar refractivity (Wildman–Crippen MR) is 81.4 cm³/mol. The Morgan fingerprint density at radius 1 is 1.26 bits per heavy atom. The van der Waals surface area contributed by atoms with Crippen molar-refractivity contribution >= 4 is 11.6 Å². The standard InChI is InChI=1S/C16H20F3N3O/c1-3-5-9-20-15(23)14-12(6-4-2)21-13-8-7-11(10-22(13)14)16(17,18)19/h7-8,10H,3-6,9H2,1-2H3,(H,20,23). The number of rotatable bonds is 6. The molecule has 0 fully saturated rings. The maximum absolute atomic E-state index is 12.9. The Hall–Kier alpha value is -2.05. The lowest BCUT2D eigenvalue weighted by Crippen LogP contribution is -2.26. The molecule has 0 unspecified atom stereocenters. The van der Waals surface area contributed by atoms with Gasteiger partial charge in [0, 0.05) is 12.7 Å². The zero-order valence-electron chi connectivity index (χ0n) is 13.2. The Balaban J connectivity index is 2.48. The van der Waals surface area contributed by atoms with Crippen molar-refractivity contribution in [2.24, 2.45) is 0 Å². The molecule has 4 nitrogen and oxygen atoms in total. The molecule has 2 heterocycles. The minimum atomic E-state index is -4.46. The van der Waals surface area contributed by atoms with Gasteiger partial charge in [-0.3, -0.25) is 9.20 Å². The van der Waals surface area contributed by atoms with Crippen LogP contribution >= 0.6 is 0 Å². The van der Waals surface area contributed by atoms with Crippen LogP contribution in [0.15, 0.2) is 18.3 Å². The van der Waals surface area contributed by atoms with Gasteiger partial charge in [0.05, 0.1) is 11.3 Å². The smallest absolute Gasteiger partial charge is 0.351 e. The second-order valence-electron chi connectivity index (χ2n) is 5.41. The largest absolute Gasteiger partial charge is 0.417 e. The molecule has 0 spiro atoms. The lowest BCUT2D eigenvalue weighted by Gasteiger charge is -2.09. The van der Waals surface area contributed by atoms with Crippen LogP contribution in [0.3, 0.4) is 0 Å². The molecular weight excluding hydrogens is 307 g/mol. The topological polar surface area (TPSA) is 46.4 Å². The molecule has 23 heavy (non-hydrogen) atoms. The molecule has 0 aliphatic rings. The number of carbonyl (C=O) groups is 1. The van der Waals surface area contributed by atoms with E-state index >= 15 is 0 Å². The van der Waals surface area contributed by atoms with E-state index in [4.69, 9.17) is 0 Å². The van der Waals surface area contributed by atoms with Gasteiger partial charge in [0.15, 0.2) is 0 Å². The molecule has 0 aliphatic carbocycles. The number of amides is 1. The van der Waals surface area contributed by atoms with Gasteiger partial charge >= 0.3 is 6.18 Å². The summed E-state index contributed by atoms with van der Waals surface area (Å²) in [4.78, 5) is 16.7. The molecule has 1 amide bonds. The second-order valence-corrected chi connectivity index (χ2v) is 5.41. The lowest BCUT2D eigenvalue weighted by molar-refractivity contribution is -0.137. The van der Waals surface area contributed by atoms with Crippen LogP contribution in [0.4, 0.5) is 13.2 Å². The van der Waals surface area contributed by atoms with Crippen LogP contribution in [0, 0.1) is 0 Å². The van der Waals surface area contributed by atoms with Crippen LogP contribution < -0.4 is 5.32 Å². The van der Waals surface area contributed by atoms with E-state index in [-0.39, 0.29) is 11.6 Å². The number of pyridine rings is 1. The molecule has 2 aromatic heterocycles. The summed E-state index contributed by atoms with van der Waals surface area (Å²) in [6.07, 6.45) is -0.479. The molecule has 0 saturated heterocycles. The van der Waals surface area contributed by atoms with Crippen molar-refractivity contribution in [1.29, 1.82) is 0 Å². The molecule has 2 rings (SSSR count). The molecule has 0 aromatic carbocycles. The van der Waals surface area contributed by atoms with E-state index in [2.05, 4.69) is 10.3 Å². The molecule has 0 bridgehead atoms. The molecule has 0 aliphatic heterocycles. The van der Waals surface area contributed by atoms with Crippen LogP contribution in [0.25, 0.3) is 5.65 Å². The van der Waals surface area contributed by atoms with Crippen molar-refractivity contribution in [2.75, 3.05) is 6.54 Å². The Labute approximate surface area is 132 Å². The van der Waals surface area contributed by atoms with E-state index in [1.54, 1.807) is 0 Å². The van der Waals surface area contributed by atoms with Gasteiger partial charge in [-0.1, -0.05) is 26.7 Å². The quantitative estimate of drug-likeness (QED) is 0.820. The Bertz CT molecular complexity index is 692. The van der Waals surface area contributed by atoms with E-state index in [1.165, 1.54) is 10.5 Å². The number of nitrogens with one attached hydrogen (secondary N) is 1. The average molecular weight is 327 g/mol. The minimum absolute atomic E-state index is 0.198. The number of nitrogens with zero attached hydrogens (tertiary/aromatic N) is 2. The molecule has 1 N–H and O–H groups in total. The number of hydrogen-bond donors (Lipinski definition) is 1. The number of aromatic nitrogens is 2. The Morgan fingerprint density at radius 2 is 2.00 bits per heavy atom.